The first-order valence-electron chi connectivity index (χ1n) is 8.70. The molecule has 0 aliphatic carbocycles. The molecule has 160 valence electrons. The molecule has 0 saturated carbocycles. The minimum atomic E-state index is -0.968. The second kappa shape index (κ2) is 17.9. The molecule has 2 atom stereocenters. The average Bonchev–Trinajstić information content (AvgIpc) is 2.66. The van der Waals surface area contributed by atoms with Gasteiger partial charge in [-0.2, -0.15) is 0 Å². The van der Waals surface area contributed by atoms with Gasteiger partial charge in [-0.1, -0.05) is 37.3 Å². The molecule has 9 N–H and O–H groups in total. The fraction of sp³-hybridized carbons (Fsp3) is 0.500. The van der Waals surface area contributed by atoms with Crippen molar-refractivity contribution in [3.63, 3.8) is 0 Å². The van der Waals surface area contributed by atoms with Crippen LogP contribution in [0.25, 0.3) is 0 Å². The Morgan fingerprint density at radius 1 is 1.07 bits per heavy atom. The number of nitrogens with two attached hydrogens (primary N) is 2. The van der Waals surface area contributed by atoms with E-state index in [-0.39, 0.29) is 19.6 Å². The van der Waals surface area contributed by atoms with Crippen molar-refractivity contribution in [3.05, 3.63) is 35.9 Å². The third kappa shape index (κ3) is 16.9. The first-order valence-corrected chi connectivity index (χ1v) is 8.70. The minimum absolute atomic E-state index is 0.0896. The molecule has 0 aliphatic rings. The Bertz CT molecular complexity index is 555. The maximum absolute atomic E-state index is 10.4. The smallest absolute Gasteiger partial charge is 0.320 e. The number of carboxylic acid groups (broad SMARTS) is 3. The van der Waals surface area contributed by atoms with Gasteiger partial charge in [0.15, 0.2) is 0 Å². The van der Waals surface area contributed by atoms with Crippen LogP contribution < -0.4 is 16.8 Å². The Kier molecular flexibility index (Phi) is 17.7. The summed E-state index contributed by atoms with van der Waals surface area (Å²) >= 11 is 0. The Labute approximate surface area is 164 Å². The first-order chi connectivity index (χ1) is 13.2. The number of hydrogen-bond donors (Lipinski definition) is 7. The Balaban J connectivity index is 0. The molecule has 0 fully saturated rings. The molecule has 0 saturated heterocycles. The van der Waals surface area contributed by atoms with Gasteiger partial charge in [-0.3, -0.25) is 14.4 Å². The highest BCUT2D eigenvalue weighted by Gasteiger charge is 2.14. The maximum atomic E-state index is 10.4. The molecular formula is C18H31N3O7. The van der Waals surface area contributed by atoms with E-state index >= 15 is 0 Å². The van der Waals surface area contributed by atoms with Crippen LogP contribution in [0.2, 0.25) is 0 Å². The molecular weight excluding hydrogens is 370 g/mol. The van der Waals surface area contributed by atoms with E-state index in [0.717, 1.165) is 12.0 Å². The number of benzene rings is 1. The van der Waals surface area contributed by atoms with Crippen molar-refractivity contribution < 1.29 is 34.8 Å². The molecule has 0 heterocycles. The summed E-state index contributed by atoms with van der Waals surface area (Å²) in [5.74, 6) is -2.82. The molecule has 0 aromatic heterocycles. The van der Waals surface area contributed by atoms with Gasteiger partial charge in [-0.05, 0) is 31.4 Å². The van der Waals surface area contributed by atoms with E-state index in [1.807, 2.05) is 37.3 Å². The zero-order chi connectivity index (χ0) is 21.9. The summed E-state index contributed by atoms with van der Waals surface area (Å²) in [4.78, 5) is 30.0. The number of hydrogen-bond acceptors (Lipinski definition) is 7. The van der Waals surface area contributed by atoms with Crippen molar-refractivity contribution in [2.45, 2.75) is 38.3 Å². The molecule has 28 heavy (non-hydrogen) atoms. The molecule has 0 bridgehead atoms. The Hall–Kier alpha value is -2.53. The number of rotatable bonds is 10. The second-order valence-corrected chi connectivity index (χ2v) is 5.59. The van der Waals surface area contributed by atoms with E-state index in [1.54, 1.807) is 0 Å². The first kappa shape index (κ1) is 27.7. The average molecular weight is 401 g/mol. The van der Waals surface area contributed by atoms with E-state index in [2.05, 4.69) is 11.1 Å². The highest BCUT2D eigenvalue weighted by Crippen LogP contribution is 2.01. The van der Waals surface area contributed by atoms with Gasteiger partial charge in [0, 0.05) is 6.61 Å². The second-order valence-electron chi connectivity index (χ2n) is 5.59. The number of carbonyl (C=O) groups is 3. The summed E-state index contributed by atoms with van der Waals surface area (Å²) in [6, 6.07) is 7.95. The summed E-state index contributed by atoms with van der Waals surface area (Å²) in [7, 11) is 0. The van der Waals surface area contributed by atoms with Crippen molar-refractivity contribution in [3.8, 4) is 0 Å². The standard InChI is InChI=1S/C9H11NO2.C7H15NO3.C2H5NO2/c10-8(9(11)12)6-7-4-2-1-3-5-7;1-2-4-8-6(3-5-9)7(10)11;3-1-2(4)5/h1-5,8H,6,10H2,(H,11,12);6,8-9H,2-5H2,1H3,(H,10,11);1,3H2,(H,4,5). The van der Waals surface area contributed by atoms with Gasteiger partial charge in [-0.15, -0.1) is 0 Å². The van der Waals surface area contributed by atoms with Gasteiger partial charge < -0.3 is 37.2 Å². The predicted molar refractivity (Wildman–Crippen MR) is 104 cm³/mol. The summed E-state index contributed by atoms with van der Waals surface area (Å²) in [5.41, 5.74) is 10.9. The SMILES string of the molecule is CCCNC(CCO)C(=O)O.NC(Cc1ccccc1)C(=O)O.NCC(=O)O. The lowest BCUT2D eigenvalue weighted by Crippen LogP contribution is -2.37. The van der Waals surface area contributed by atoms with Crippen LogP contribution in [0.15, 0.2) is 30.3 Å². The molecule has 0 amide bonds. The molecule has 1 aromatic rings. The zero-order valence-electron chi connectivity index (χ0n) is 16.0. The van der Waals surface area contributed by atoms with E-state index in [4.69, 9.17) is 26.2 Å². The number of nitrogens with one attached hydrogen (secondary N) is 1. The number of carboxylic acids is 3. The van der Waals surface area contributed by atoms with Gasteiger partial charge in [0.2, 0.25) is 0 Å². The van der Waals surface area contributed by atoms with Crippen LogP contribution in [0.1, 0.15) is 25.3 Å². The van der Waals surface area contributed by atoms with Gasteiger partial charge >= 0.3 is 17.9 Å². The van der Waals surface area contributed by atoms with Crippen LogP contribution in [0, 0.1) is 0 Å². The van der Waals surface area contributed by atoms with Crippen molar-refractivity contribution in [1.29, 1.82) is 0 Å². The largest absolute Gasteiger partial charge is 0.480 e. The molecule has 10 heteroatoms. The lowest BCUT2D eigenvalue weighted by atomic mass is 10.1. The number of aliphatic hydroxyl groups excluding tert-OH is 1. The molecule has 10 nitrogen and oxygen atoms in total. The van der Waals surface area contributed by atoms with Gasteiger partial charge in [0.1, 0.15) is 12.1 Å². The monoisotopic (exact) mass is 401 g/mol. The quantitative estimate of drug-likeness (QED) is 0.268. The van der Waals surface area contributed by atoms with E-state index < -0.39 is 30.0 Å². The van der Waals surface area contributed by atoms with Crippen LogP contribution >= 0.6 is 0 Å². The van der Waals surface area contributed by atoms with E-state index in [9.17, 15) is 14.4 Å². The van der Waals surface area contributed by atoms with Crippen LogP contribution in [0.4, 0.5) is 0 Å². The molecule has 1 aromatic carbocycles. The normalized spacial score (nSPS) is 11.7. The van der Waals surface area contributed by atoms with Crippen molar-refractivity contribution in [1.82, 2.24) is 5.32 Å². The molecule has 2 unspecified atom stereocenters. The van der Waals surface area contributed by atoms with Gasteiger partial charge in [0.25, 0.3) is 0 Å². The third-order valence-corrected chi connectivity index (χ3v) is 3.15. The molecule has 0 spiro atoms. The lowest BCUT2D eigenvalue weighted by molar-refractivity contribution is -0.140. The van der Waals surface area contributed by atoms with Gasteiger partial charge in [0.05, 0.1) is 6.54 Å². The fourth-order valence-electron chi connectivity index (χ4n) is 1.72. The van der Waals surface area contributed by atoms with Crippen LogP contribution in [0.3, 0.4) is 0 Å². The molecule has 0 radical (unpaired) electrons. The number of aliphatic carboxylic acids is 3. The minimum Gasteiger partial charge on any atom is -0.480 e. The summed E-state index contributed by atoms with van der Waals surface area (Å²) < 4.78 is 0. The lowest BCUT2D eigenvalue weighted by Gasteiger charge is -2.11. The van der Waals surface area contributed by atoms with Crippen molar-refractivity contribution in [2.75, 3.05) is 19.7 Å². The maximum Gasteiger partial charge on any atom is 0.320 e. The third-order valence-electron chi connectivity index (χ3n) is 3.15. The molecule has 1 rings (SSSR count). The topological polar surface area (TPSA) is 196 Å². The summed E-state index contributed by atoms with van der Waals surface area (Å²) in [5, 5.41) is 36.0. The van der Waals surface area contributed by atoms with Crippen LogP contribution in [0.5, 0.6) is 0 Å². The van der Waals surface area contributed by atoms with E-state index in [1.165, 1.54) is 0 Å². The fourth-order valence-corrected chi connectivity index (χ4v) is 1.72. The zero-order valence-corrected chi connectivity index (χ0v) is 16.0. The van der Waals surface area contributed by atoms with Gasteiger partial charge in [-0.25, -0.2) is 0 Å². The van der Waals surface area contributed by atoms with Crippen molar-refractivity contribution >= 4 is 17.9 Å². The predicted octanol–water partition coefficient (Wildman–Crippen LogP) is -0.508. The number of aliphatic hydroxyl groups is 1. The Morgan fingerprint density at radius 2 is 1.61 bits per heavy atom. The van der Waals surface area contributed by atoms with Crippen molar-refractivity contribution in [2.24, 2.45) is 11.5 Å². The highest BCUT2D eigenvalue weighted by molar-refractivity contribution is 5.73. The molecule has 0 aliphatic heterocycles. The van der Waals surface area contributed by atoms with Crippen LogP contribution in [-0.4, -0.2) is 70.1 Å². The highest BCUT2D eigenvalue weighted by atomic mass is 16.4. The van der Waals surface area contributed by atoms with Crippen LogP contribution in [-0.2, 0) is 20.8 Å². The summed E-state index contributed by atoms with van der Waals surface area (Å²) in [6.07, 6.45) is 1.56. The summed E-state index contributed by atoms with van der Waals surface area (Å²) in [6.45, 7) is 2.27. The van der Waals surface area contributed by atoms with E-state index in [0.29, 0.717) is 13.0 Å². The Morgan fingerprint density at radius 3 is 1.96 bits per heavy atom.